The zero-order valence-corrected chi connectivity index (χ0v) is 12.3. The number of carboxylic acids is 1. The van der Waals surface area contributed by atoms with Gasteiger partial charge in [0.15, 0.2) is 0 Å². The fraction of sp³-hybridized carbons (Fsp3) is 0.214. The molecule has 21 heavy (non-hydrogen) atoms. The van der Waals surface area contributed by atoms with Crippen LogP contribution in [0, 0.1) is 0 Å². The number of aromatic amines is 1. The molecule has 3 aromatic rings. The molecule has 6 nitrogen and oxygen atoms in total. The van der Waals surface area contributed by atoms with Crippen molar-refractivity contribution in [2.24, 2.45) is 0 Å². The van der Waals surface area contributed by atoms with Gasteiger partial charge in [-0.1, -0.05) is 6.07 Å². The largest absolute Gasteiger partial charge is 0.478 e. The fourth-order valence-corrected chi connectivity index (χ4v) is 3.24. The average molecular weight is 303 g/mol. The third-order valence-electron chi connectivity index (χ3n) is 3.45. The molecule has 0 aliphatic heterocycles. The number of nitrogens with one attached hydrogen (secondary N) is 1. The molecule has 2 heterocycles. The van der Waals surface area contributed by atoms with E-state index >= 15 is 0 Å². The summed E-state index contributed by atoms with van der Waals surface area (Å²) in [7, 11) is 0. The van der Waals surface area contributed by atoms with Gasteiger partial charge in [0, 0.05) is 11.6 Å². The molecule has 0 aliphatic carbocycles. The highest BCUT2D eigenvalue weighted by Gasteiger charge is 2.31. The Morgan fingerprint density at radius 1 is 1.43 bits per heavy atom. The zero-order chi connectivity index (χ0) is 15.2. The van der Waals surface area contributed by atoms with Gasteiger partial charge in [-0.15, -0.1) is 11.3 Å². The summed E-state index contributed by atoms with van der Waals surface area (Å²) in [5.41, 5.74) is -0.108. The van der Waals surface area contributed by atoms with Crippen LogP contribution in [0.25, 0.3) is 11.0 Å². The van der Waals surface area contributed by atoms with Crippen molar-refractivity contribution < 1.29 is 9.90 Å². The minimum Gasteiger partial charge on any atom is -0.478 e. The Labute approximate surface area is 123 Å². The van der Waals surface area contributed by atoms with Crippen LogP contribution >= 0.6 is 11.3 Å². The Kier molecular flexibility index (Phi) is 2.94. The summed E-state index contributed by atoms with van der Waals surface area (Å²) in [5.74, 6) is -1.07. The van der Waals surface area contributed by atoms with E-state index < -0.39 is 11.5 Å². The van der Waals surface area contributed by atoms with Crippen molar-refractivity contribution in [2.75, 3.05) is 0 Å². The summed E-state index contributed by atoms with van der Waals surface area (Å²) < 4.78 is 1.46. The molecule has 0 amide bonds. The first-order chi connectivity index (χ1) is 9.93. The predicted octanol–water partition coefficient (Wildman–Crippen LogP) is 2.27. The van der Waals surface area contributed by atoms with E-state index in [9.17, 15) is 14.7 Å². The molecular weight excluding hydrogens is 290 g/mol. The van der Waals surface area contributed by atoms with Crippen LogP contribution in [0.2, 0.25) is 0 Å². The van der Waals surface area contributed by atoms with Gasteiger partial charge in [-0.25, -0.2) is 14.6 Å². The van der Waals surface area contributed by atoms with Crippen LogP contribution < -0.4 is 5.69 Å². The number of nitrogens with zero attached hydrogens (tertiary/aromatic N) is 2. The number of para-hydroxylation sites is 1. The minimum atomic E-state index is -1.07. The van der Waals surface area contributed by atoms with Crippen molar-refractivity contribution in [3.05, 3.63) is 50.8 Å². The third-order valence-corrected chi connectivity index (χ3v) is 4.54. The average Bonchev–Trinajstić information content (AvgIpc) is 3.04. The van der Waals surface area contributed by atoms with E-state index in [1.807, 2.05) is 19.2 Å². The van der Waals surface area contributed by atoms with E-state index in [2.05, 4.69) is 9.97 Å². The lowest BCUT2D eigenvalue weighted by atomic mass is 10.0. The number of H-pyrrole nitrogens is 1. The molecule has 2 aromatic heterocycles. The molecule has 3 rings (SSSR count). The van der Waals surface area contributed by atoms with Crippen molar-refractivity contribution in [1.29, 1.82) is 0 Å². The minimum absolute atomic E-state index is 0.0930. The number of thiazole rings is 1. The van der Waals surface area contributed by atoms with Crippen LogP contribution in [0.1, 0.15) is 29.2 Å². The zero-order valence-electron chi connectivity index (χ0n) is 11.5. The van der Waals surface area contributed by atoms with Gasteiger partial charge in [-0.3, -0.25) is 4.57 Å². The van der Waals surface area contributed by atoms with Crippen LogP contribution in [0.15, 0.2) is 34.6 Å². The van der Waals surface area contributed by atoms with Crippen LogP contribution in [-0.2, 0) is 5.54 Å². The van der Waals surface area contributed by atoms with E-state index in [-0.39, 0.29) is 11.3 Å². The normalized spacial score (nSPS) is 11.9. The van der Waals surface area contributed by atoms with E-state index in [1.54, 1.807) is 18.3 Å². The van der Waals surface area contributed by atoms with Crippen LogP contribution in [0.5, 0.6) is 0 Å². The highest BCUT2D eigenvalue weighted by Crippen LogP contribution is 2.30. The predicted molar refractivity (Wildman–Crippen MR) is 80.1 cm³/mol. The lowest BCUT2D eigenvalue weighted by molar-refractivity contribution is 0.0698. The first-order valence-corrected chi connectivity index (χ1v) is 7.18. The summed E-state index contributed by atoms with van der Waals surface area (Å²) in [6, 6.07) is 4.80. The lowest BCUT2D eigenvalue weighted by Crippen LogP contribution is -2.36. The van der Waals surface area contributed by atoms with Crippen molar-refractivity contribution >= 4 is 28.3 Å². The summed E-state index contributed by atoms with van der Waals surface area (Å²) in [6.07, 6.45) is 1.67. The standard InChI is InChI=1S/C14H13N3O3S/c1-14(2,12-15-6-7-21-12)17-10-8(11(18)19)4-3-5-9(10)16-13(17)20/h3-7H,1-2H3,(H,16,20)(H,18,19). The topological polar surface area (TPSA) is 88.0 Å². The number of carbonyl (C=O) groups is 1. The van der Waals surface area contributed by atoms with Crippen LogP contribution in [-0.4, -0.2) is 25.6 Å². The van der Waals surface area contributed by atoms with E-state index in [0.29, 0.717) is 11.0 Å². The number of benzene rings is 1. The second-order valence-electron chi connectivity index (χ2n) is 5.17. The molecule has 2 N–H and O–H groups in total. The molecule has 0 unspecified atom stereocenters. The second-order valence-corrected chi connectivity index (χ2v) is 6.06. The smallest absolute Gasteiger partial charge is 0.337 e. The maximum absolute atomic E-state index is 12.3. The number of hydrogen-bond acceptors (Lipinski definition) is 4. The van der Waals surface area contributed by atoms with E-state index in [4.69, 9.17) is 0 Å². The van der Waals surface area contributed by atoms with Gasteiger partial charge in [0.2, 0.25) is 0 Å². The maximum atomic E-state index is 12.3. The number of aromatic nitrogens is 3. The molecule has 0 spiro atoms. The molecule has 7 heteroatoms. The number of rotatable bonds is 3. The number of aromatic carboxylic acids is 1. The highest BCUT2D eigenvalue weighted by molar-refractivity contribution is 7.09. The van der Waals surface area contributed by atoms with Crippen LogP contribution in [0.3, 0.4) is 0 Å². The summed E-state index contributed by atoms with van der Waals surface area (Å²) in [5, 5.41) is 11.9. The van der Waals surface area contributed by atoms with Gasteiger partial charge in [0.1, 0.15) is 5.01 Å². The number of fused-ring (bicyclic) bond motifs is 1. The molecule has 108 valence electrons. The van der Waals surface area contributed by atoms with Crippen molar-refractivity contribution in [3.63, 3.8) is 0 Å². The number of hydrogen-bond donors (Lipinski definition) is 2. The molecule has 0 fully saturated rings. The summed E-state index contributed by atoms with van der Waals surface area (Å²) in [4.78, 5) is 30.8. The summed E-state index contributed by atoms with van der Waals surface area (Å²) in [6.45, 7) is 3.69. The summed E-state index contributed by atoms with van der Waals surface area (Å²) >= 11 is 1.43. The molecule has 0 aliphatic rings. The Morgan fingerprint density at radius 2 is 2.19 bits per heavy atom. The highest BCUT2D eigenvalue weighted by atomic mass is 32.1. The number of carboxylic acid groups (broad SMARTS) is 1. The second kappa shape index (κ2) is 4.56. The fourth-order valence-electron chi connectivity index (χ4n) is 2.49. The van der Waals surface area contributed by atoms with Gasteiger partial charge in [-0.05, 0) is 26.0 Å². The number of imidazole rings is 1. The van der Waals surface area contributed by atoms with Crippen LogP contribution in [0.4, 0.5) is 0 Å². The Balaban J connectivity index is 2.40. The van der Waals surface area contributed by atoms with Crippen molar-refractivity contribution in [3.8, 4) is 0 Å². The first-order valence-electron chi connectivity index (χ1n) is 6.30. The molecule has 1 aromatic carbocycles. The Hall–Kier alpha value is -2.41. The first kappa shape index (κ1) is 13.6. The Morgan fingerprint density at radius 3 is 2.81 bits per heavy atom. The third kappa shape index (κ3) is 1.97. The molecule has 0 saturated heterocycles. The quantitative estimate of drug-likeness (QED) is 0.777. The Bertz CT molecular complexity index is 875. The van der Waals surface area contributed by atoms with E-state index in [1.165, 1.54) is 22.0 Å². The monoisotopic (exact) mass is 303 g/mol. The molecule has 0 bridgehead atoms. The lowest BCUT2D eigenvalue weighted by Gasteiger charge is -2.24. The van der Waals surface area contributed by atoms with E-state index in [0.717, 1.165) is 5.01 Å². The molecule has 0 atom stereocenters. The SMILES string of the molecule is CC(C)(c1nccs1)n1c(=O)[nH]c2cccc(C(=O)O)c21. The molecular formula is C14H13N3O3S. The van der Waals surface area contributed by atoms with Gasteiger partial charge in [-0.2, -0.15) is 0 Å². The van der Waals surface area contributed by atoms with Crippen molar-refractivity contribution in [1.82, 2.24) is 14.5 Å². The van der Waals surface area contributed by atoms with Gasteiger partial charge in [0.25, 0.3) is 0 Å². The maximum Gasteiger partial charge on any atom is 0.337 e. The van der Waals surface area contributed by atoms with Gasteiger partial charge >= 0.3 is 11.7 Å². The molecule has 0 radical (unpaired) electrons. The van der Waals surface area contributed by atoms with Gasteiger partial charge in [0.05, 0.1) is 22.1 Å². The molecule has 0 saturated carbocycles. The van der Waals surface area contributed by atoms with Gasteiger partial charge < -0.3 is 10.1 Å². The van der Waals surface area contributed by atoms with Crippen molar-refractivity contribution in [2.45, 2.75) is 19.4 Å².